The summed E-state index contributed by atoms with van der Waals surface area (Å²) in [6.45, 7) is 1.97. The number of rotatable bonds is 7. The molecule has 1 N–H and O–H groups in total. The van der Waals surface area contributed by atoms with Crippen molar-refractivity contribution in [2.75, 3.05) is 0 Å². The second-order valence-corrected chi connectivity index (χ2v) is 6.37. The molecule has 2 rings (SSSR count). The highest BCUT2D eigenvalue weighted by atomic mass is 19.4. The lowest BCUT2D eigenvalue weighted by atomic mass is 10.1. The maximum atomic E-state index is 12.9. The fourth-order valence-corrected chi connectivity index (χ4v) is 2.58. The van der Waals surface area contributed by atoms with E-state index in [9.17, 15) is 18.0 Å². The van der Waals surface area contributed by atoms with E-state index in [0.717, 1.165) is 17.7 Å². The number of hydrogen-bond donors (Lipinski definition) is 1. The van der Waals surface area contributed by atoms with Crippen molar-refractivity contribution in [2.24, 2.45) is 0 Å². The van der Waals surface area contributed by atoms with E-state index in [1.54, 1.807) is 6.92 Å². The van der Waals surface area contributed by atoms with E-state index in [4.69, 9.17) is 11.2 Å². The minimum absolute atomic E-state index is 0.0412. The monoisotopic (exact) mass is 390 g/mol. The number of terminal acetylenes is 1. The van der Waals surface area contributed by atoms with E-state index in [-0.39, 0.29) is 24.0 Å². The summed E-state index contributed by atoms with van der Waals surface area (Å²) in [4.78, 5) is 15.8. The zero-order valence-electron chi connectivity index (χ0n) is 15.4. The summed E-state index contributed by atoms with van der Waals surface area (Å²) >= 11 is 0. The van der Waals surface area contributed by atoms with Crippen molar-refractivity contribution in [3.8, 4) is 12.3 Å². The Bertz CT molecular complexity index is 830. The van der Waals surface area contributed by atoms with Crippen molar-refractivity contribution in [2.45, 2.75) is 45.0 Å². The number of ether oxygens (including phenoxy) is 1. The minimum Gasteiger partial charge on any atom is -0.445 e. The normalized spacial score (nSPS) is 12.1. The number of nitrogens with one attached hydrogen (secondary N) is 1. The van der Waals surface area contributed by atoms with Gasteiger partial charge in [-0.15, -0.1) is 6.42 Å². The van der Waals surface area contributed by atoms with Crippen LogP contribution >= 0.6 is 0 Å². The maximum absolute atomic E-state index is 12.9. The van der Waals surface area contributed by atoms with Gasteiger partial charge in [-0.3, -0.25) is 0 Å². The van der Waals surface area contributed by atoms with Crippen LogP contribution in [0.25, 0.3) is 0 Å². The maximum Gasteiger partial charge on any atom is 0.416 e. The zero-order valence-corrected chi connectivity index (χ0v) is 15.4. The van der Waals surface area contributed by atoms with Crippen LogP contribution < -0.4 is 5.32 Å². The number of alkyl halides is 3. The van der Waals surface area contributed by atoms with E-state index in [1.807, 2.05) is 30.3 Å². The quantitative estimate of drug-likeness (QED) is 0.696. The molecule has 0 aliphatic rings. The van der Waals surface area contributed by atoms with Gasteiger partial charge in [-0.05, 0) is 43.9 Å². The van der Waals surface area contributed by atoms with Crippen LogP contribution in [0.5, 0.6) is 0 Å². The molecule has 0 unspecified atom stereocenters. The number of nitrogens with zero attached hydrogens (tertiary/aromatic N) is 1. The fourth-order valence-electron chi connectivity index (χ4n) is 2.58. The third-order valence-corrected chi connectivity index (χ3v) is 4.00. The van der Waals surface area contributed by atoms with E-state index in [2.05, 4.69) is 16.2 Å². The van der Waals surface area contributed by atoms with E-state index in [1.165, 1.54) is 0 Å². The molecule has 7 heteroatoms. The highest BCUT2D eigenvalue weighted by Gasteiger charge is 2.31. The SMILES string of the molecule is C#Cc1cc(C(F)(F)F)cc(CCC[C@@H](C)NC(=O)OCc2ccccc2)n1. The average Bonchev–Trinajstić information content (AvgIpc) is 2.66. The lowest BCUT2D eigenvalue weighted by molar-refractivity contribution is -0.137. The Morgan fingerprint density at radius 1 is 1.29 bits per heavy atom. The van der Waals surface area contributed by atoms with Gasteiger partial charge in [0.25, 0.3) is 0 Å². The number of halogens is 3. The first kappa shape index (κ1) is 21.3. The van der Waals surface area contributed by atoms with Crippen molar-refractivity contribution in [3.05, 3.63) is 65.0 Å². The summed E-state index contributed by atoms with van der Waals surface area (Å²) in [6.07, 6.45) is 1.60. The predicted octanol–water partition coefficient (Wildman–Crippen LogP) is 4.72. The first-order chi connectivity index (χ1) is 13.3. The van der Waals surface area contributed by atoms with Gasteiger partial charge >= 0.3 is 12.3 Å². The van der Waals surface area contributed by atoms with Gasteiger partial charge in [0.15, 0.2) is 0 Å². The number of carbonyl (C=O) groups excluding carboxylic acids is 1. The average molecular weight is 390 g/mol. The molecule has 0 saturated heterocycles. The van der Waals surface area contributed by atoms with Crippen LogP contribution in [0.4, 0.5) is 18.0 Å². The van der Waals surface area contributed by atoms with Crippen LogP contribution in [-0.4, -0.2) is 17.1 Å². The number of pyridine rings is 1. The van der Waals surface area contributed by atoms with Gasteiger partial charge in [-0.2, -0.15) is 13.2 Å². The van der Waals surface area contributed by atoms with Crippen molar-refractivity contribution < 1.29 is 22.7 Å². The summed E-state index contributed by atoms with van der Waals surface area (Å²) < 4.78 is 43.9. The summed E-state index contributed by atoms with van der Waals surface area (Å²) in [7, 11) is 0. The molecular formula is C21H21F3N2O2. The Hall–Kier alpha value is -3.01. The van der Waals surface area contributed by atoms with Gasteiger partial charge in [0.05, 0.1) is 5.56 Å². The summed E-state index contributed by atoms with van der Waals surface area (Å²) in [5.41, 5.74) is 0.313. The minimum atomic E-state index is -4.47. The molecule has 2 aromatic rings. The molecule has 1 aromatic carbocycles. The van der Waals surface area contributed by atoms with Crippen LogP contribution in [0, 0.1) is 12.3 Å². The molecule has 1 heterocycles. The first-order valence-electron chi connectivity index (χ1n) is 8.80. The van der Waals surface area contributed by atoms with Gasteiger partial charge in [-0.1, -0.05) is 36.3 Å². The molecular weight excluding hydrogens is 369 g/mol. The molecule has 1 aromatic heterocycles. The first-order valence-corrected chi connectivity index (χ1v) is 8.80. The Labute approximate surface area is 162 Å². The second-order valence-electron chi connectivity index (χ2n) is 6.37. The fraction of sp³-hybridized carbons (Fsp3) is 0.333. The molecule has 0 radical (unpaired) electrons. The highest BCUT2D eigenvalue weighted by Crippen LogP contribution is 2.30. The van der Waals surface area contributed by atoms with E-state index >= 15 is 0 Å². The van der Waals surface area contributed by atoms with Crippen molar-refractivity contribution in [3.63, 3.8) is 0 Å². The van der Waals surface area contributed by atoms with Crippen molar-refractivity contribution in [1.82, 2.24) is 10.3 Å². The second kappa shape index (κ2) is 9.79. The van der Waals surface area contributed by atoms with E-state index in [0.29, 0.717) is 19.3 Å². The Morgan fingerprint density at radius 2 is 2.00 bits per heavy atom. The van der Waals surface area contributed by atoms with Gasteiger partial charge in [0.1, 0.15) is 12.3 Å². The van der Waals surface area contributed by atoms with Crippen LogP contribution in [0.1, 0.15) is 42.3 Å². The van der Waals surface area contributed by atoms with Gasteiger partial charge in [0, 0.05) is 11.7 Å². The van der Waals surface area contributed by atoms with Crippen molar-refractivity contribution in [1.29, 1.82) is 0 Å². The number of benzene rings is 1. The lowest BCUT2D eigenvalue weighted by Gasteiger charge is -2.14. The summed E-state index contributed by atoms with van der Waals surface area (Å²) in [5.74, 6) is 2.15. The molecule has 0 aliphatic carbocycles. The van der Waals surface area contributed by atoms with Crippen LogP contribution in [-0.2, 0) is 23.9 Å². The number of carbonyl (C=O) groups is 1. The van der Waals surface area contributed by atoms with Gasteiger partial charge < -0.3 is 10.1 Å². The lowest BCUT2D eigenvalue weighted by Crippen LogP contribution is -2.33. The molecule has 0 saturated carbocycles. The number of aromatic nitrogens is 1. The molecule has 0 fully saturated rings. The van der Waals surface area contributed by atoms with Gasteiger partial charge in [0.2, 0.25) is 0 Å². The molecule has 4 nitrogen and oxygen atoms in total. The molecule has 1 amide bonds. The molecule has 148 valence electrons. The Balaban J connectivity index is 1.79. The molecule has 1 atom stereocenters. The van der Waals surface area contributed by atoms with Crippen molar-refractivity contribution >= 4 is 6.09 Å². The van der Waals surface area contributed by atoms with Gasteiger partial charge in [-0.25, -0.2) is 9.78 Å². The number of aryl methyl sites for hydroxylation is 1. The summed E-state index contributed by atoms with van der Waals surface area (Å²) in [6, 6.07) is 11.0. The predicted molar refractivity (Wildman–Crippen MR) is 99.3 cm³/mol. The molecule has 0 aliphatic heterocycles. The zero-order chi connectivity index (χ0) is 20.6. The molecule has 0 bridgehead atoms. The van der Waals surface area contributed by atoms with Crippen LogP contribution in [0.3, 0.4) is 0 Å². The van der Waals surface area contributed by atoms with E-state index < -0.39 is 17.8 Å². The number of hydrogen-bond acceptors (Lipinski definition) is 3. The number of amides is 1. The highest BCUT2D eigenvalue weighted by molar-refractivity contribution is 5.67. The Morgan fingerprint density at radius 3 is 2.64 bits per heavy atom. The molecule has 0 spiro atoms. The smallest absolute Gasteiger partial charge is 0.416 e. The van der Waals surface area contributed by atoms with Crippen LogP contribution in [0.2, 0.25) is 0 Å². The summed E-state index contributed by atoms with van der Waals surface area (Å²) in [5, 5.41) is 2.70. The third kappa shape index (κ3) is 6.95. The topological polar surface area (TPSA) is 51.2 Å². The third-order valence-electron chi connectivity index (χ3n) is 4.00. The number of alkyl carbamates (subject to hydrolysis) is 1. The van der Waals surface area contributed by atoms with Crippen LogP contribution in [0.15, 0.2) is 42.5 Å². The molecule has 28 heavy (non-hydrogen) atoms. The largest absolute Gasteiger partial charge is 0.445 e. The Kier molecular flexibility index (Phi) is 7.44. The standard InChI is InChI=1S/C21H21F3N2O2/c1-3-18-12-17(21(22,23)24)13-19(26-18)11-7-8-15(2)25-20(27)28-14-16-9-5-4-6-10-16/h1,4-6,9-10,12-13,15H,7-8,11,14H2,2H3,(H,25,27)/t15-/m1/s1.